The standard InChI is InChI=1S/C27H24N2O5/c1-19(30)20-11-13-24(14-12-20)33-17-23(31)18-34-26-10-6-5-9-25(26)27(32)21-15-28-29(16-21)22-7-3-2-4-8-22/h2-16,23,31H,17-18H2,1H3/t23-/m1/s1. The third-order valence-corrected chi connectivity index (χ3v) is 5.13. The fourth-order valence-electron chi connectivity index (χ4n) is 3.31. The van der Waals surface area contributed by atoms with Gasteiger partial charge in [-0.25, -0.2) is 4.68 Å². The van der Waals surface area contributed by atoms with Crippen molar-refractivity contribution >= 4 is 11.6 Å². The number of hydrogen-bond donors (Lipinski definition) is 1. The van der Waals surface area contributed by atoms with Gasteiger partial charge in [-0.1, -0.05) is 30.3 Å². The Morgan fingerprint density at radius 1 is 0.882 bits per heavy atom. The second-order valence-corrected chi connectivity index (χ2v) is 7.69. The number of benzene rings is 3. The molecule has 1 atom stereocenters. The molecule has 34 heavy (non-hydrogen) atoms. The molecule has 1 aromatic heterocycles. The van der Waals surface area contributed by atoms with Crippen molar-refractivity contribution in [2.24, 2.45) is 0 Å². The summed E-state index contributed by atoms with van der Waals surface area (Å²) in [6.07, 6.45) is 2.28. The fraction of sp³-hybridized carbons (Fsp3) is 0.148. The molecule has 0 aliphatic rings. The SMILES string of the molecule is CC(=O)c1ccc(OC[C@@H](O)COc2ccccc2C(=O)c2cnn(-c3ccccc3)c2)cc1. The van der Waals surface area contributed by atoms with E-state index in [1.165, 1.54) is 13.1 Å². The molecule has 0 saturated heterocycles. The summed E-state index contributed by atoms with van der Waals surface area (Å²) in [7, 11) is 0. The van der Waals surface area contributed by atoms with Crippen molar-refractivity contribution < 1.29 is 24.2 Å². The molecule has 0 bridgehead atoms. The lowest BCUT2D eigenvalue weighted by molar-refractivity contribution is 0.0621. The number of carbonyl (C=O) groups is 2. The van der Waals surface area contributed by atoms with E-state index < -0.39 is 6.10 Å². The van der Waals surface area contributed by atoms with Gasteiger partial charge in [0.15, 0.2) is 11.6 Å². The number of ketones is 2. The van der Waals surface area contributed by atoms with Crippen LogP contribution in [0.25, 0.3) is 5.69 Å². The second kappa shape index (κ2) is 10.6. The quantitative estimate of drug-likeness (QED) is 0.361. The summed E-state index contributed by atoms with van der Waals surface area (Å²) in [5.41, 5.74) is 2.25. The number of para-hydroxylation sites is 2. The van der Waals surface area contributed by atoms with Crippen LogP contribution in [0.5, 0.6) is 11.5 Å². The van der Waals surface area contributed by atoms with Crippen molar-refractivity contribution in [2.75, 3.05) is 13.2 Å². The van der Waals surface area contributed by atoms with E-state index in [1.807, 2.05) is 30.3 Å². The van der Waals surface area contributed by atoms with E-state index in [9.17, 15) is 14.7 Å². The van der Waals surface area contributed by atoms with Gasteiger partial charge in [-0.05, 0) is 55.5 Å². The van der Waals surface area contributed by atoms with Gasteiger partial charge in [-0.3, -0.25) is 9.59 Å². The van der Waals surface area contributed by atoms with Gasteiger partial charge in [-0.2, -0.15) is 5.10 Å². The summed E-state index contributed by atoms with van der Waals surface area (Å²) in [5.74, 6) is 0.648. The van der Waals surface area contributed by atoms with E-state index in [2.05, 4.69) is 5.10 Å². The molecule has 0 fully saturated rings. The lowest BCUT2D eigenvalue weighted by atomic mass is 10.1. The van der Waals surface area contributed by atoms with Crippen LogP contribution in [-0.4, -0.2) is 45.8 Å². The molecular weight excluding hydrogens is 432 g/mol. The molecule has 0 unspecified atom stereocenters. The summed E-state index contributed by atoms with van der Waals surface area (Å²) < 4.78 is 13.0. The van der Waals surface area contributed by atoms with E-state index in [-0.39, 0.29) is 24.8 Å². The van der Waals surface area contributed by atoms with Crippen molar-refractivity contribution in [2.45, 2.75) is 13.0 Å². The van der Waals surface area contributed by atoms with Crippen LogP contribution >= 0.6 is 0 Å². The van der Waals surface area contributed by atoms with Crippen molar-refractivity contribution in [1.29, 1.82) is 0 Å². The normalized spacial score (nSPS) is 11.6. The van der Waals surface area contributed by atoms with Gasteiger partial charge in [0, 0.05) is 11.8 Å². The molecule has 0 amide bonds. The van der Waals surface area contributed by atoms with Gasteiger partial charge >= 0.3 is 0 Å². The van der Waals surface area contributed by atoms with Crippen LogP contribution in [0, 0.1) is 0 Å². The summed E-state index contributed by atoms with van der Waals surface area (Å²) in [6.45, 7) is 1.44. The van der Waals surface area contributed by atoms with Crippen LogP contribution < -0.4 is 9.47 Å². The highest BCUT2D eigenvalue weighted by Gasteiger charge is 2.18. The minimum atomic E-state index is -0.920. The molecule has 7 heteroatoms. The Balaban J connectivity index is 1.37. The molecule has 0 spiro atoms. The van der Waals surface area contributed by atoms with Gasteiger partial charge in [0.2, 0.25) is 0 Å². The molecule has 0 aliphatic heterocycles. The van der Waals surface area contributed by atoms with Crippen LogP contribution in [0.15, 0.2) is 91.3 Å². The van der Waals surface area contributed by atoms with E-state index >= 15 is 0 Å². The highest BCUT2D eigenvalue weighted by Crippen LogP contribution is 2.22. The molecule has 0 radical (unpaired) electrons. The lowest BCUT2D eigenvalue weighted by Gasteiger charge is -2.15. The largest absolute Gasteiger partial charge is 0.491 e. The smallest absolute Gasteiger partial charge is 0.199 e. The maximum atomic E-state index is 13.1. The Morgan fingerprint density at radius 3 is 2.29 bits per heavy atom. The van der Waals surface area contributed by atoms with E-state index in [4.69, 9.17) is 9.47 Å². The maximum Gasteiger partial charge on any atom is 0.199 e. The minimum absolute atomic E-state index is 0.000617. The number of aliphatic hydroxyl groups is 1. The molecular formula is C27H24N2O5. The molecule has 0 aliphatic carbocycles. The first-order valence-electron chi connectivity index (χ1n) is 10.8. The molecule has 7 nitrogen and oxygen atoms in total. The van der Waals surface area contributed by atoms with Crippen molar-refractivity contribution in [3.63, 3.8) is 0 Å². The van der Waals surface area contributed by atoms with Gasteiger partial charge in [0.05, 0.1) is 23.0 Å². The van der Waals surface area contributed by atoms with Crippen LogP contribution in [-0.2, 0) is 0 Å². The van der Waals surface area contributed by atoms with Crippen LogP contribution in [0.2, 0.25) is 0 Å². The molecule has 4 aromatic rings. The molecule has 4 rings (SSSR count). The fourth-order valence-corrected chi connectivity index (χ4v) is 3.31. The van der Waals surface area contributed by atoms with E-state index in [0.29, 0.717) is 28.2 Å². The average molecular weight is 456 g/mol. The first-order valence-corrected chi connectivity index (χ1v) is 10.8. The minimum Gasteiger partial charge on any atom is -0.491 e. The number of aliphatic hydroxyl groups excluding tert-OH is 1. The predicted octanol–water partition coefficient (Wildman–Crippen LogP) is 4.12. The molecule has 3 aromatic carbocycles. The van der Waals surface area contributed by atoms with Crippen LogP contribution in [0.3, 0.4) is 0 Å². The summed E-state index contributed by atoms with van der Waals surface area (Å²) >= 11 is 0. The highest BCUT2D eigenvalue weighted by molar-refractivity contribution is 6.10. The van der Waals surface area contributed by atoms with Crippen LogP contribution in [0.4, 0.5) is 0 Å². The topological polar surface area (TPSA) is 90.7 Å². The molecule has 1 heterocycles. The van der Waals surface area contributed by atoms with Crippen LogP contribution in [0.1, 0.15) is 33.2 Å². The third-order valence-electron chi connectivity index (χ3n) is 5.13. The first kappa shape index (κ1) is 22.9. The number of Topliss-reactive ketones (excluding diaryl/α,β-unsaturated/α-hetero) is 1. The number of ether oxygens (including phenoxy) is 2. The van der Waals surface area contributed by atoms with Crippen molar-refractivity contribution in [3.8, 4) is 17.2 Å². The second-order valence-electron chi connectivity index (χ2n) is 7.69. The third kappa shape index (κ3) is 5.57. The van der Waals surface area contributed by atoms with Crippen molar-refractivity contribution in [3.05, 3.63) is 108 Å². The van der Waals surface area contributed by atoms with E-state index in [1.54, 1.807) is 59.4 Å². The zero-order valence-electron chi connectivity index (χ0n) is 18.6. The predicted molar refractivity (Wildman–Crippen MR) is 127 cm³/mol. The zero-order valence-corrected chi connectivity index (χ0v) is 18.6. The molecule has 1 N–H and O–H groups in total. The average Bonchev–Trinajstić information content (AvgIpc) is 3.37. The summed E-state index contributed by atoms with van der Waals surface area (Å²) in [4.78, 5) is 24.4. The Hall–Kier alpha value is -4.23. The summed E-state index contributed by atoms with van der Waals surface area (Å²) in [5, 5.41) is 14.6. The highest BCUT2D eigenvalue weighted by atomic mass is 16.5. The van der Waals surface area contributed by atoms with Gasteiger partial charge in [-0.15, -0.1) is 0 Å². The van der Waals surface area contributed by atoms with Gasteiger partial charge < -0.3 is 14.6 Å². The number of hydrogen-bond acceptors (Lipinski definition) is 6. The summed E-state index contributed by atoms with van der Waals surface area (Å²) in [6, 6.07) is 23.1. The number of rotatable bonds is 10. The Labute approximate surface area is 197 Å². The Morgan fingerprint density at radius 2 is 1.56 bits per heavy atom. The van der Waals surface area contributed by atoms with Gasteiger partial charge in [0.1, 0.15) is 30.8 Å². The van der Waals surface area contributed by atoms with Gasteiger partial charge in [0.25, 0.3) is 0 Å². The Bertz CT molecular complexity index is 1270. The first-order chi connectivity index (χ1) is 16.5. The lowest BCUT2D eigenvalue weighted by Crippen LogP contribution is -2.25. The monoisotopic (exact) mass is 456 g/mol. The Kier molecular flexibility index (Phi) is 7.15. The molecule has 0 saturated carbocycles. The molecule has 172 valence electrons. The number of carbonyl (C=O) groups excluding carboxylic acids is 2. The zero-order chi connectivity index (χ0) is 23.9. The van der Waals surface area contributed by atoms with E-state index in [0.717, 1.165) is 5.69 Å². The van der Waals surface area contributed by atoms with Crippen molar-refractivity contribution in [1.82, 2.24) is 9.78 Å². The number of nitrogens with zero attached hydrogens (tertiary/aromatic N) is 2. The maximum absolute atomic E-state index is 13.1. The number of aromatic nitrogens is 2.